The van der Waals surface area contributed by atoms with Gasteiger partial charge in [0.2, 0.25) is 0 Å². The Balaban J connectivity index is 1.54. The normalized spacial score (nSPS) is 19.8. The highest BCUT2D eigenvalue weighted by Gasteiger charge is 2.44. The van der Waals surface area contributed by atoms with Gasteiger partial charge in [0.25, 0.3) is 5.91 Å². The molecule has 1 aromatic carbocycles. The van der Waals surface area contributed by atoms with Gasteiger partial charge in [0.05, 0.1) is 36.0 Å². The second-order valence-corrected chi connectivity index (χ2v) is 9.67. The largest absolute Gasteiger partial charge is 0.444 e. The molecule has 3 heterocycles. The van der Waals surface area contributed by atoms with E-state index in [-0.39, 0.29) is 24.1 Å². The molecule has 2 aromatic rings. The molecule has 34 heavy (non-hydrogen) atoms. The molecule has 8 nitrogen and oxygen atoms in total. The van der Waals surface area contributed by atoms with Gasteiger partial charge in [-0.05, 0) is 52.3 Å². The van der Waals surface area contributed by atoms with Crippen LogP contribution >= 0.6 is 0 Å². The van der Waals surface area contributed by atoms with Crippen molar-refractivity contribution < 1.29 is 19.1 Å². The van der Waals surface area contributed by atoms with E-state index in [4.69, 9.17) is 9.47 Å². The molecule has 0 spiro atoms. The van der Waals surface area contributed by atoms with E-state index >= 15 is 0 Å². The summed E-state index contributed by atoms with van der Waals surface area (Å²) in [6, 6.07) is 12.8. The molecule has 0 unspecified atom stereocenters. The summed E-state index contributed by atoms with van der Waals surface area (Å²) in [4.78, 5) is 34.4. The number of pyridine rings is 1. The molecule has 1 aromatic heterocycles. The average Bonchev–Trinajstić information content (AvgIpc) is 3.37. The average molecular weight is 463 g/mol. The quantitative estimate of drug-likeness (QED) is 0.667. The fourth-order valence-corrected chi connectivity index (χ4v) is 4.47. The predicted octanol–water partition coefficient (Wildman–Crippen LogP) is 3.99. The standard InChI is InChI=1S/C26H30N4O4/c1-5-33-16-21-12-20(15-30(21)25(32)34-26(2,3)4)29-14-19-9-10-22(28-23(19)24(29)31)18-8-6-7-17(11-18)13-27/h6-11,20-21H,5,12,14-16H2,1-4H3/t20-,21+/m1/s1. The van der Waals surface area contributed by atoms with Crippen LogP contribution in [0.1, 0.15) is 55.7 Å². The summed E-state index contributed by atoms with van der Waals surface area (Å²) in [5.41, 5.74) is 2.68. The first-order valence-corrected chi connectivity index (χ1v) is 11.6. The highest BCUT2D eigenvalue weighted by Crippen LogP contribution is 2.32. The number of carbonyl (C=O) groups is 2. The summed E-state index contributed by atoms with van der Waals surface area (Å²) in [5.74, 6) is -0.139. The van der Waals surface area contributed by atoms with E-state index < -0.39 is 5.60 Å². The smallest absolute Gasteiger partial charge is 0.410 e. The van der Waals surface area contributed by atoms with E-state index in [1.807, 2.05) is 45.9 Å². The lowest BCUT2D eigenvalue weighted by Crippen LogP contribution is -2.43. The van der Waals surface area contributed by atoms with Crippen LogP contribution in [0, 0.1) is 11.3 Å². The summed E-state index contributed by atoms with van der Waals surface area (Å²) in [6.45, 7) is 9.23. The number of likely N-dealkylation sites (tertiary alicyclic amines) is 1. The summed E-state index contributed by atoms with van der Waals surface area (Å²) < 4.78 is 11.2. The Labute approximate surface area is 200 Å². The van der Waals surface area contributed by atoms with Crippen LogP contribution in [0.25, 0.3) is 11.3 Å². The molecule has 0 bridgehead atoms. The number of ether oxygens (including phenoxy) is 2. The van der Waals surface area contributed by atoms with Crippen molar-refractivity contribution in [3.05, 3.63) is 53.2 Å². The Morgan fingerprint density at radius 1 is 1.26 bits per heavy atom. The second-order valence-electron chi connectivity index (χ2n) is 9.67. The maximum atomic E-state index is 13.4. The van der Waals surface area contributed by atoms with E-state index in [1.54, 1.807) is 28.0 Å². The zero-order valence-corrected chi connectivity index (χ0v) is 20.1. The first-order valence-electron chi connectivity index (χ1n) is 11.6. The fraction of sp³-hybridized carbons (Fsp3) is 0.462. The van der Waals surface area contributed by atoms with Crippen LogP contribution in [-0.4, -0.2) is 64.2 Å². The molecule has 2 aliphatic heterocycles. The molecule has 0 N–H and O–H groups in total. The van der Waals surface area contributed by atoms with E-state index in [0.717, 1.165) is 11.1 Å². The van der Waals surface area contributed by atoms with Crippen molar-refractivity contribution >= 4 is 12.0 Å². The van der Waals surface area contributed by atoms with E-state index in [2.05, 4.69) is 11.1 Å². The van der Waals surface area contributed by atoms with Crippen molar-refractivity contribution in [3.8, 4) is 17.3 Å². The highest BCUT2D eigenvalue weighted by molar-refractivity contribution is 5.97. The third-order valence-electron chi connectivity index (χ3n) is 6.05. The monoisotopic (exact) mass is 462 g/mol. The van der Waals surface area contributed by atoms with Crippen molar-refractivity contribution in [2.75, 3.05) is 19.8 Å². The number of carbonyl (C=O) groups excluding carboxylic acids is 2. The number of hydrogen-bond donors (Lipinski definition) is 0. The first-order chi connectivity index (χ1) is 16.2. The topological polar surface area (TPSA) is 95.8 Å². The van der Waals surface area contributed by atoms with Crippen LogP contribution in [0.3, 0.4) is 0 Å². The third-order valence-corrected chi connectivity index (χ3v) is 6.05. The first kappa shape index (κ1) is 23.7. The van der Waals surface area contributed by atoms with Gasteiger partial charge >= 0.3 is 6.09 Å². The van der Waals surface area contributed by atoms with Crippen molar-refractivity contribution in [3.63, 3.8) is 0 Å². The van der Waals surface area contributed by atoms with E-state index in [0.29, 0.717) is 49.7 Å². The van der Waals surface area contributed by atoms with Crippen LogP contribution < -0.4 is 0 Å². The molecular weight excluding hydrogens is 432 g/mol. The van der Waals surface area contributed by atoms with Crippen molar-refractivity contribution in [1.29, 1.82) is 5.26 Å². The summed E-state index contributed by atoms with van der Waals surface area (Å²) in [5, 5.41) is 9.18. The molecule has 0 radical (unpaired) electrons. The molecule has 1 saturated heterocycles. The molecule has 2 amide bonds. The van der Waals surface area contributed by atoms with Crippen LogP contribution in [0.4, 0.5) is 4.79 Å². The minimum Gasteiger partial charge on any atom is -0.444 e. The zero-order chi connectivity index (χ0) is 24.5. The van der Waals surface area contributed by atoms with Gasteiger partial charge in [0, 0.05) is 30.8 Å². The fourth-order valence-electron chi connectivity index (χ4n) is 4.47. The Bertz CT molecular complexity index is 1130. The number of fused-ring (bicyclic) bond motifs is 1. The van der Waals surface area contributed by atoms with Crippen LogP contribution in [-0.2, 0) is 16.0 Å². The van der Waals surface area contributed by atoms with Crippen LogP contribution in [0.2, 0.25) is 0 Å². The number of rotatable bonds is 5. The molecule has 4 rings (SSSR count). The summed E-state index contributed by atoms with van der Waals surface area (Å²) >= 11 is 0. The summed E-state index contributed by atoms with van der Waals surface area (Å²) in [6.07, 6.45) is 0.234. The third kappa shape index (κ3) is 4.90. The molecule has 2 atom stereocenters. The lowest BCUT2D eigenvalue weighted by atomic mass is 10.1. The maximum Gasteiger partial charge on any atom is 0.410 e. The van der Waals surface area contributed by atoms with Crippen molar-refractivity contribution in [1.82, 2.24) is 14.8 Å². The number of benzene rings is 1. The Hall–Kier alpha value is -3.44. The van der Waals surface area contributed by atoms with Crippen molar-refractivity contribution in [2.45, 2.75) is 58.3 Å². The maximum absolute atomic E-state index is 13.4. The second kappa shape index (κ2) is 9.43. The van der Waals surface area contributed by atoms with Crippen LogP contribution in [0.5, 0.6) is 0 Å². The van der Waals surface area contributed by atoms with Crippen molar-refractivity contribution in [2.24, 2.45) is 0 Å². The summed E-state index contributed by atoms with van der Waals surface area (Å²) in [7, 11) is 0. The van der Waals surface area contributed by atoms with Crippen LogP contribution in [0.15, 0.2) is 36.4 Å². The number of aromatic nitrogens is 1. The number of hydrogen-bond acceptors (Lipinski definition) is 6. The molecule has 1 fully saturated rings. The molecule has 0 saturated carbocycles. The minimum absolute atomic E-state index is 0.139. The molecule has 2 aliphatic rings. The lowest BCUT2D eigenvalue weighted by molar-refractivity contribution is 0.0111. The van der Waals surface area contributed by atoms with Gasteiger partial charge < -0.3 is 19.3 Å². The number of amides is 2. The zero-order valence-electron chi connectivity index (χ0n) is 20.1. The number of nitrogens with zero attached hydrogens (tertiary/aromatic N) is 4. The van der Waals surface area contributed by atoms with Gasteiger partial charge in [-0.15, -0.1) is 0 Å². The minimum atomic E-state index is -0.603. The highest BCUT2D eigenvalue weighted by atomic mass is 16.6. The Morgan fingerprint density at radius 3 is 2.76 bits per heavy atom. The van der Waals surface area contributed by atoms with Gasteiger partial charge in [-0.25, -0.2) is 9.78 Å². The van der Waals surface area contributed by atoms with E-state index in [9.17, 15) is 14.9 Å². The van der Waals surface area contributed by atoms with Gasteiger partial charge in [0.1, 0.15) is 11.3 Å². The molecule has 0 aliphatic carbocycles. The lowest BCUT2D eigenvalue weighted by Gasteiger charge is -2.28. The van der Waals surface area contributed by atoms with Gasteiger partial charge in [-0.1, -0.05) is 18.2 Å². The van der Waals surface area contributed by atoms with Gasteiger partial charge in [-0.2, -0.15) is 5.26 Å². The Morgan fingerprint density at radius 2 is 2.06 bits per heavy atom. The molecular formula is C26H30N4O4. The molecule has 178 valence electrons. The Kier molecular flexibility index (Phi) is 6.58. The predicted molar refractivity (Wildman–Crippen MR) is 126 cm³/mol. The number of nitriles is 1. The van der Waals surface area contributed by atoms with E-state index in [1.165, 1.54) is 0 Å². The molecule has 8 heteroatoms. The SMILES string of the molecule is CCOC[C@@H]1C[C@@H](N2Cc3ccc(-c4cccc(C#N)c4)nc3C2=O)CN1C(=O)OC(C)(C)C. The van der Waals surface area contributed by atoms with Gasteiger partial charge in [0.15, 0.2) is 0 Å². The van der Waals surface area contributed by atoms with Gasteiger partial charge in [-0.3, -0.25) is 4.79 Å².